The van der Waals surface area contributed by atoms with Crippen LogP contribution in [0.5, 0.6) is 0 Å². The van der Waals surface area contributed by atoms with Crippen LogP contribution in [-0.4, -0.2) is 6.04 Å². The highest BCUT2D eigenvalue weighted by Crippen LogP contribution is 2.29. The Hall–Kier alpha value is -1.40. The van der Waals surface area contributed by atoms with Gasteiger partial charge in [-0.2, -0.15) is 5.26 Å². The van der Waals surface area contributed by atoms with Gasteiger partial charge in [0.25, 0.3) is 0 Å². The van der Waals surface area contributed by atoms with Crippen molar-refractivity contribution in [2.75, 3.05) is 0 Å². The van der Waals surface area contributed by atoms with Gasteiger partial charge in [-0.05, 0) is 30.4 Å². The number of nitrogens with zero attached hydrogens (tertiary/aromatic N) is 1. The second-order valence-corrected chi connectivity index (χ2v) is 5.67. The Kier molecular flexibility index (Phi) is 4.55. The van der Waals surface area contributed by atoms with E-state index in [1.54, 1.807) is 12.1 Å². The first-order chi connectivity index (χ1) is 9.11. The molecule has 0 heterocycles. The molecule has 0 spiro atoms. The zero-order valence-electron chi connectivity index (χ0n) is 11.6. The van der Waals surface area contributed by atoms with Gasteiger partial charge in [0.05, 0.1) is 11.6 Å². The minimum atomic E-state index is -0.289. The number of halogens is 1. The first-order valence-electron chi connectivity index (χ1n) is 7.03. The van der Waals surface area contributed by atoms with Gasteiger partial charge in [-0.25, -0.2) is 4.39 Å². The highest BCUT2D eigenvalue weighted by molar-refractivity contribution is 5.32. The first-order valence-corrected chi connectivity index (χ1v) is 7.03. The van der Waals surface area contributed by atoms with Crippen LogP contribution in [-0.2, 0) is 6.54 Å². The van der Waals surface area contributed by atoms with Crippen molar-refractivity contribution in [3.8, 4) is 6.07 Å². The molecule has 19 heavy (non-hydrogen) atoms. The van der Waals surface area contributed by atoms with Crippen LogP contribution < -0.4 is 5.32 Å². The summed E-state index contributed by atoms with van der Waals surface area (Å²) in [5.41, 5.74) is 1.02. The average Bonchev–Trinajstić information content (AvgIpc) is 2.41. The van der Waals surface area contributed by atoms with Gasteiger partial charge < -0.3 is 5.32 Å². The third-order valence-corrected chi connectivity index (χ3v) is 4.44. The Bertz CT molecular complexity index is 478. The van der Waals surface area contributed by atoms with Crippen LogP contribution in [0.3, 0.4) is 0 Å². The van der Waals surface area contributed by atoms with E-state index in [4.69, 9.17) is 5.26 Å². The van der Waals surface area contributed by atoms with Crippen LogP contribution >= 0.6 is 0 Å². The second-order valence-electron chi connectivity index (χ2n) is 5.67. The number of benzene rings is 1. The van der Waals surface area contributed by atoms with Gasteiger partial charge in [-0.15, -0.1) is 0 Å². The van der Waals surface area contributed by atoms with Gasteiger partial charge in [0.1, 0.15) is 5.82 Å². The summed E-state index contributed by atoms with van der Waals surface area (Å²) in [4.78, 5) is 0. The van der Waals surface area contributed by atoms with E-state index in [2.05, 4.69) is 19.2 Å². The Morgan fingerprint density at radius 2 is 2.16 bits per heavy atom. The van der Waals surface area contributed by atoms with E-state index in [9.17, 15) is 4.39 Å². The quantitative estimate of drug-likeness (QED) is 0.901. The molecular weight excluding hydrogens is 239 g/mol. The van der Waals surface area contributed by atoms with Crippen molar-refractivity contribution in [3.05, 3.63) is 35.1 Å². The maximum atomic E-state index is 13.8. The molecule has 0 aliphatic heterocycles. The van der Waals surface area contributed by atoms with Crippen molar-refractivity contribution >= 4 is 0 Å². The monoisotopic (exact) mass is 260 g/mol. The molecule has 1 N–H and O–H groups in total. The van der Waals surface area contributed by atoms with Crippen LogP contribution in [0.2, 0.25) is 0 Å². The van der Waals surface area contributed by atoms with Crippen LogP contribution in [0.25, 0.3) is 0 Å². The third kappa shape index (κ3) is 3.33. The standard InChI is InChI=1S/C16H21FN2/c1-11-4-3-5-16(12(11)2)19-10-14-7-6-13(9-18)8-15(14)17/h6-8,11-12,16,19H,3-5,10H2,1-2H3. The van der Waals surface area contributed by atoms with E-state index in [0.29, 0.717) is 29.6 Å². The molecule has 102 valence electrons. The summed E-state index contributed by atoms with van der Waals surface area (Å²) in [7, 11) is 0. The molecule has 1 aliphatic rings. The summed E-state index contributed by atoms with van der Waals surface area (Å²) >= 11 is 0. The van der Waals surface area contributed by atoms with Gasteiger partial charge in [-0.3, -0.25) is 0 Å². The zero-order valence-corrected chi connectivity index (χ0v) is 11.6. The van der Waals surface area contributed by atoms with Crippen molar-refractivity contribution in [2.45, 2.75) is 45.7 Å². The zero-order chi connectivity index (χ0) is 13.8. The molecule has 2 rings (SSSR count). The van der Waals surface area contributed by atoms with Crippen molar-refractivity contribution in [1.82, 2.24) is 5.32 Å². The van der Waals surface area contributed by atoms with E-state index < -0.39 is 0 Å². The number of hydrogen-bond acceptors (Lipinski definition) is 2. The molecule has 0 amide bonds. The molecule has 0 bridgehead atoms. The summed E-state index contributed by atoms with van der Waals surface area (Å²) in [6.45, 7) is 5.11. The topological polar surface area (TPSA) is 35.8 Å². The number of rotatable bonds is 3. The molecule has 1 fully saturated rings. The fourth-order valence-corrected chi connectivity index (χ4v) is 2.87. The van der Waals surface area contributed by atoms with E-state index in [1.165, 1.54) is 25.3 Å². The van der Waals surface area contributed by atoms with Gasteiger partial charge in [0.2, 0.25) is 0 Å². The minimum Gasteiger partial charge on any atom is -0.310 e. The van der Waals surface area contributed by atoms with Crippen LogP contribution in [0.1, 0.15) is 44.2 Å². The van der Waals surface area contributed by atoms with Crippen molar-refractivity contribution in [3.63, 3.8) is 0 Å². The Balaban J connectivity index is 1.97. The normalized spacial score (nSPS) is 26.9. The Morgan fingerprint density at radius 1 is 1.37 bits per heavy atom. The van der Waals surface area contributed by atoms with E-state index in [1.807, 2.05) is 6.07 Å². The minimum absolute atomic E-state index is 0.289. The van der Waals surface area contributed by atoms with Crippen molar-refractivity contribution in [2.24, 2.45) is 11.8 Å². The number of nitrogens with one attached hydrogen (secondary N) is 1. The average molecular weight is 260 g/mol. The van der Waals surface area contributed by atoms with Gasteiger partial charge in [0, 0.05) is 18.2 Å². The van der Waals surface area contributed by atoms with Crippen molar-refractivity contribution in [1.29, 1.82) is 5.26 Å². The van der Waals surface area contributed by atoms with E-state index in [0.717, 1.165) is 5.92 Å². The van der Waals surface area contributed by atoms with Gasteiger partial charge in [-0.1, -0.05) is 32.8 Å². The fourth-order valence-electron chi connectivity index (χ4n) is 2.87. The van der Waals surface area contributed by atoms with Crippen LogP contribution in [0, 0.1) is 29.0 Å². The lowest BCUT2D eigenvalue weighted by atomic mass is 9.78. The number of hydrogen-bond donors (Lipinski definition) is 1. The highest BCUT2D eigenvalue weighted by Gasteiger charge is 2.26. The second kappa shape index (κ2) is 6.16. The predicted molar refractivity (Wildman–Crippen MR) is 73.9 cm³/mol. The molecule has 1 aromatic carbocycles. The third-order valence-electron chi connectivity index (χ3n) is 4.44. The molecular formula is C16H21FN2. The maximum Gasteiger partial charge on any atom is 0.129 e. The molecule has 0 aromatic heterocycles. The summed E-state index contributed by atoms with van der Waals surface area (Å²) < 4.78 is 13.8. The predicted octanol–water partition coefficient (Wildman–Crippen LogP) is 3.61. The smallest absolute Gasteiger partial charge is 0.129 e. The molecule has 1 aliphatic carbocycles. The first kappa shape index (κ1) is 14.0. The molecule has 3 atom stereocenters. The molecule has 3 unspecified atom stereocenters. The van der Waals surface area contributed by atoms with E-state index in [-0.39, 0.29) is 5.82 Å². The Morgan fingerprint density at radius 3 is 2.84 bits per heavy atom. The fraction of sp³-hybridized carbons (Fsp3) is 0.562. The summed E-state index contributed by atoms with van der Waals surface area (Å²) in [5.74, 6) is 1.08. The lowest BCUT2D eigenvalue weighted by molar-refractivity contribution is 0.205. The maximum absolute atomic E-state index is 13.8. The molecule has 3 heteroatoms. The Labute approximate surface area is 114 Å². The van der Waals surface area contributed by atoms with Gasteiger partial charge in [0.15, 0.2) is 0 Å². The SMILES string of the molecule is CC1CCCC(NCc2ccc(C#N)cc2F)C1C. The molecule has 1 aromatic rings. The van der Waals surface area contributed by atoms with Crippen LogP contribution in [0.15, 0.2) is 18.2 Å². The lowest BCUT2D eigenvalue weighted by Gasteiger charge is -2.34. The molecule has 0 radical (unpaired) electrons. The lowest BCUT2D eigenvalue weighted by Crippen LogP contribution is -2.40. The molecule has 2 nitrogen and oxygen atoms in total. The summed E-state index contributed by atoms with van der Waals surface area (Å²) in [6.07, 6.45) is 3.72. The highest BCUT2D eigenvalue weighted by atomic mass is 19.1. The summed E-state index contributed by atoms with van der Waals surface area (Å²) in [6, 6.07) is 7.11. The largest absolute Gasteiger partial charge is 0.310 e. The summed E-state index contributed by atoms with van der Waals surface area (Å²) in [5, 5.41) is 12.2. The van der Waals surface area contributed by atoms with E-state index >= 15 is 0 Å². The van der Waals surface area contributed by atoms with Gasteiger partial charge >= 0.3 is 0 Å². The van der Waals surface area contributed by atoms with Crippen molar-refractivity contribution < 1.29 is 4.39 Å². The number of nitriles is 1. The van der Waals surface area contributed by atoms with Crippen LogP contribution in [0.4, 0.5) is 4.39 Å². The molecule has 1 saturated carbocycles. The molecule has 0 saturated heterocycles.